The lowest BCUT2D eigenvalue weighted by Gasteiger charge is -2.18. The van der Waals surface area contributed by atoms with Crippen molar-refractivity contribution in [3.8, 4) is 0 Å². The highest BCUT2D eigenvalue weighted by molar-refractivity contribution is 5.82. The second-order valence-electron chi connectivity index (χ2n) is 8.35. The molecule has 0 atom stereocenters. The third-order valence-corrected chi connectivity index (χ3v) is 6.12. The second kappa shape index (κ2) is 11.9. The number of nitrogens with zero attached hydrogens (tertiary/aromatic N) is 1. The molecular formula is C27H32F2N2O3. The maximum atomic E-state index is 14.2. The Kier molecular flexibility index (Phi) is 8.93. The van der Waals surface area contributed by atoms with Crippen LogP contribution >= 0.6 is 0 Å². The molecule has 5 nitrogen and oxygen atoms in total. The molecule has 1 N–H and O–H groups in total. The molecule has 0 aliphatic rings. The van der Waals surface area contributed by atoms with Gasteiger partial charge in [-0.1, -0.05) is 32.0 Å². The van der Waals surface area contributed by atoms with Crippen LogP contribution in [0.1, 0.15) is 50.4 Å². The highest BCUT2D eigenvalue weighted by Crippen LogP contribution is 2.19. The van der Waals surface area contributed by atoms with Crippen LogP contribution in [-0.4, -0.2) is 23.2 Å². The first-order valence-electron chi connectivity index (χ1n) is 11.8. The zero-order valence-corrected chi connectivity index (χ0v) is 20.0. The van der Waals surface area contributed by atoms with E-state index in [0.717, 1.165) is 24.5 Å². The van der Waals surface area contributed by atoms with E-state index in [1.165, 1.54) is 18.2 Å². The molecule has 1 aromatic heterocycles. The minimum Gasteiger partial charge on any atom is -0.465 e. The SMILES string of the molecule is CCOC(=O)Cn1c(CCc2cccc(F)c2F)cc(=O)c2ccc(CNC(CC)CC)cc21. The van der Waals surface area contributed by atoms with E-state index in [-0.39, 0.29) is 37.0 Å². The number of pyridine rings is 1. The van der Waals surface area contributed by atoms with Crippen LogP contribution in [-0.2, 0) is 35.5 Å². The van der Waals surface area contributed by atoms with Crippen molar-refractivity contribution in [1.82, 2.24) is 9.88 Å². The normalized spacial score (nSPS) is 11.4. The lowest BCUT2D eigenvalue weighted by atomic mass is 10.0. The van der Waals surface area contributed by atoms with E-state index in [0.29, 0.717) is 29.2 Å². The van der Waals surface area contributed by atoms with Crippen LogP contribution in [0.15, 0.2) is 47.3 Å². The van der Waals surface area contributed by atoms with Crippen LogP contribution < -0.4 is 10.7 Å². The number of carbonyl (C=O) groups excluding carboxylic acids is 1. The predicted molar refractivity (Wildman–Crippen MR) is 130 cm³/mol. The molecule has 0 unspecified atom stereocenters. The zero-order chi connectivity index (χ0) is 24.7. The number of rotatable bonds is 11. The fourth-order valence-electron chi connectivity index (χ4n) is 4.15. The Bertz CT molecular complexity index is 1200. The van der Waals surface area contributed by atoms with Gasteiger partial charge in [-0.05, 0) is 61.9 Å². The molecule has 0 aliphatic heterocycles. The first kappa shape index (κ1) is 25.6. The summed E-state index contributed by atoms with van der Waals surface area (Å²) in [4.78, 5) is 25.3. The lowest BCUT2D eigenvalue weighted by molar-refractivity contribution is -0.143. The summed E-state index contributed by atoms with van der Waals surface area (Å²) in [6.45, 7) is 6.80. The summed E-state index contributed by atoms with van der Waals surface area (Å²) < 4.78 is 34.7. The Morgan fingerprint density at radius 2 is 1.82 bits per heavy atom. The van der Waals surface area contributed by atoms with Crippen LogP contribution in [0.3, 0.4) is 0 Å². The van der Waals surface area contributed by atoms with Crippen molar-refractivity contribution in [1.29, 1.82) is 0 Å². The molecule has 0 spiro atoms. The van der Waals surface area contributed by atoms with Gasteiger partial charge in [-0.3, -0.25) is 9.59 Å². The summed E-state index contributed by atoms with van der Waals surface area (Å²) in [5.41, 5.74) is 2.23. The Labute approximate surface area is 198 Å². The number of aromatic nitrogens is 1. The summed E-state index contributed by atoms with van der Waals surface area (Å²) in [7, 11) is 0. The molecule has 1 heterocycles. The third kappa shape index (κ3) is 6.08. The Hall–Kier alpha value is -3.06. The molecule has 34 heavy (non-hydrogen) atoms. The van der Waals surface area contributed by atoms with Gasteiger partial charge in [0.05, 0.1) is 12.1 Å². The number of halogens is 2. The van der Waals surface area contributed by atoms with Crippen molar-refractivity contribution in [3.63, 3.8) is 0 Å². The number of benzene rings is 2. The van der Waals surface area contributed by atoms with E-state index in [9.17, 15) is 18.4 Å². The van der Waals surface area contributed by atoms with Crippen LogP contribution in [0.2, 0.25) is 0 Å². The number of hydrogen-bond donors (Lipinski definition) is 1. The van der Waals surface area contributed by atoms with E-state index < -0.39 is 17.6 Å². The fraction of sp³-hybridized carbons (Fsp3) is 0.407. The first-order valence-corrected chi connectivity index (χ1v) is 11.8. The molecule has 0 bridgehead atoms. The highest BCUT2D eigenvalue weighted by Gasteiger charge is 2.16. The average molecular weight is 471 g/mol. The van der Waals surface area contributed by atoms with Crippen LogP contribution in [0, 0.1) is 11.6 Å². The number of esters is 1. The van der Waals surface area contributed by atoms with Gasteiger partial charge < -0.3 is 14.6 Å². The quantitative estimate of drug-likeness (QED) is 0.405. The molecule has 3 aromatic rings. The summed E-state index contributed by atoms with van der Waals surface area (Å²) in [5.74, 6) is -2.22. The van der Waals surface area contributed by atoms with Gasteiger partial charge in [0.2, 0.25) is 0 Å². The zero-order valence-electron chi connectivity index (χ0n) is 20.0. The number of hydrogen-bond acceptors (Lipinski definition) is 4. The van der Waals surface area contributed by atoms with Crippen molar-refractivity contribution < 1.29 is 18.3 Å². The summed E-state index contributed by atoms with van der Waals surface area (Å²) >= 11 is 0. The van der Waals surface area contributed by atoms with Crippen molar-refractivity contribution in [2.24, 2.45) is 0 Å². The maximum Gasteiger partial charge on any atom is 0.325 e. The smallest absolute Gasteiger partial charge is 0.325 e. The second-order valence-corrected chi connectivity index (χ2v) is 8.35. The fourth-order valence-corrected chi connectivity index (χ4v) is 4.15. The minimum absolute atomic E-state index is 0.0744. The van der Waals surface area contributed by atoms with Crippen LogP contribution in [0.25, 0.3) is 10.9 Å². The molecular weight excluding hydrogens is 438 g/mol. The van der Waals surface area contributed by atoms with E-state index in [1.807, 2.05) is 12.1 Å². The molecule has 0 saturated carbocycles. The van der Waals surface area contributed by atoms with Gasteiger partial charge in [0.15, 0.2) is 17.1 Å². The number of fused-ring (bicyclic) bond motifs is 1. The largest absolute Gasteiger partial charge is 0.465 e. The Morgan fingerprint density at radius 3 is 2.53 bits per heavy atom. The van der Waals surface area contributed by atoms with Gasteiger partial charge in [0.25, 0.3) is 0 Å². The molecule has 0 saturated heterocycles. The number of carbonyl (C=O) groups is 1. The predicted octanol–water partition coefficient (Wildman–Crippen LogP) is 4.91. The Balaban J connectivity index is 2.02. The van der Waals surface area contributed by atoms with Crippen molar-refractivity contribution >= 4 is 16.9 Å². The summed E-state index contributed by atoms with van der Waals surface area (Å²) in [6, 6.07) is 11.5. The molecule has 2 aromatic carbocycles. The molecule has 0 aliphatic carbocycles. The van der Waals surface area contributed by atoms with E-state index >= 15 is 0 Å². The first-order chi connectivity index (χ1) is 16.4. The molecule has 0 radical (unpaired) electrons. The van der Waals surface area contributed by atoms with E-state index in [2.05, 4.69) is 19.2 Å². The van der Waals surface area contributed by atoms with Crippen molar-refractivity contribution in [3.05, 3.63) is 81.1 Å². The number of ether oxygens (including phenoxy) is 1. The Morgan fingerprint density at radius 1 is 1.06 bits per heavy atom. The number of aryl methyl sites for hydroxylation is 2. The molecule has 0 fully saturated rings. The van der Waals surface area contributed by atoms with Crippen LogP contribution in [0.5, 0.6) is 0 Å². The van der Waals surface area contributed by atoms with Gasteiger partial charge in [-0.15, -0.1) is 0 Å². The van der Waals surface area contributed by atoms with Crippen molar-refractivity contribution in [2.45, 2.75) is 65.6 Å². The summed E-state index contributed by atoms with van der Waals surface area (Å²) in [6.07, 6.45) is 2.48. The molecule has 3 rings (SSSR count). The van der Waals surface area contributed by atoms with Crippen molar-refractivity contribution in [2.75, 3.05) is 6.61 Å². The van der Waals surface area contributed by atoms with Gasteiger partial charge in [-0.25, -0.2) is 8.78 Å². The van der Waals surface area contributed by atoms with Crippen LogP contribution in [0.4, 0.5) is 8.78 Å². The highest BCUT2D eigenvalue weighted by atomic mass is 19.2. The standard InChI is InChI=1S/C27H32F2N2O3/c1-4-20(5-2)30-16-18-10-13-22-24(14-18)31(17-26(33)34-6-3)21(15-25(22)32)12-11-19-8-7-9-23(28)27(19)29/h7-10,13-15,20,30H,4-6,11-12,16-17H2,1-3H3. The number of nitrogens with one attached hydrogen (secondary N) is 1. The molecule has 7 heteroatoms. The molecule has 0 amide bonds. The third-order valence-electron chi connectivity index (χ3n) is 6.12. The average Bonchev–Trinajstić information content (AvgIpc) is 2.83. The van der Waals surface area contributed by atoms with Gasteiger partial charge in [-0.2, -0.15) is 0 Å². The summed E-state index contributed by atoms with van der Waals surface area (Å²) in [5, 5.41) is 4.01. The monoisotopic (exact) mass is 470 g/mol. The molecule has 182 valence electrons. The van der Waals surface area contributed by atoms with E-state index in [4.69, 9.17) is 4.74 Å². The van der Waals surface area contributed by atoms with Gasteiger partial charge in [0, 0.05) is 29.7 Å². The van der Waals surface area contributed by atoms with E-state index in [1.54, 1.807) is 17.6 Å². The minimum atomic E-state index is -0.908. The maximum absolute atomic E-state index is 14.2. The lowest BCUT2D eigenvalue weighted by Crippen LogP contribution is -2.27. The van der Waals surface area contributed by atoms with Gasteiger partial charge >= 0.3 is 5.97 Å². The topological polar surface area (TPSA) is 60.3 Å². The van der Waals surface area contributed by atoms with Gasteiger partial charge in [0.1, 0.15) is 6.54 Å².